The molecule has 94 valence electrons. The Morgan fingerprint density at radius 3 is 3.06 bits per heavy atom. The Hall–Kier alpha value is -1.20. The highest BCUT2D eigenvalue weighted by molar-refractivity contribution is 5.47. The molecular weight excluding hydrogens is 218 g/mol. The molecule has 1 aliphatic rings. The van der Waals surface area contributed by atoms with E-state index in [9.17, 15) is 0 Å². The summed E-state index contributed by atoms with van der Waals surface area (Å²) in [5.41, 5.74) is 2.20. The molecule has 0 unspecified atom stereocenters. The maximum Gasteiger partial charge on any atom is 0.156 e. The van der Waals surface area contributed by atoms with Crippen molar-refractivity contribution in [1.82, 2.24) is 9.97 Å². The molecule has 1 aromatic heterocycles. The largest absolute Gasteiger partial charge is 0.377 e. The van der Waals surface area contributed by atoms with E-state index in [1.807, 2.05) is 0 Å². The van der Waals surface area contributed by atoms with Crippen LogP contribution >= 0.6 is 0 Å². The molecule has 0 saturated carbocycles. The van der Waals surface area contributed by atoms with Crippen molar-refractivity contribution in [1.29, 1.82) is 0 Å². The molecule has 2 rings (SSSR count). The molecule has 1 aliphatic heterocycles. The van der Waals surface area contributed by atoms with Crippen LogP contribution in [0.15, 0.2) is 0 Å². The molecule has 0 radical (unpaired) electrons. The number of fused-ring (bicyclic) bond motifs is 1. The second-order valence-corrected chi connectivity index (χ2v) is 4.08. The Kier molecular flexibility index (Phi) is 4.28. The molecule has 0 spiro atoms. The lowest BCUT2D eigenvalue weighted by Crippen LogP contribution is -2.18. The van der Waals surface area contributed by atoms with Gasteiger partial charge in [-0.2, -0.15) is 0 Å². The van der Waals surface area contributed by atoms with Crippen LogP contribution in [0.25, 0.3) is 0 Å². The number of methoxy groups -OCH3 is 1. The lowest BCUT2D eigenvalue weighted by molar-refractivity contribution is 0.108. The minimum Gasteiger partial charge on any atom is -0.377 e. The van der Waals surface area contributed by atoms with E-state index >= 15 is 0 Å². The summed E-state index contributed by atoms with van der Waals surface area (Å²) in [5.74, 6) is 1.65. The summed E-state index contributed by atoms with van der Waals surface area (Å²) in [6, 6.07) is 0. The number of hydrogen-bond acceptors (Lipinski definition) is 5. The normalized spacial score (nSPS) is 14.5. The van der Waals surface area contributed by atoms with Gasteiger partial charge in [0.05, 0.1) is 18.9 Å². The van der Waals surface area contributed by atoms with E-state index in [0.29, 0.717) is 13.2 Å². The third kappa shape index (κ3) is 2.92. The Balaban J connectivity index is 2.28. The topological polar surface area (TPSA) is 56.3 Å². The summed E-state index contributed by atoms with van der Waals surface area (Å²) in [4.78, 5) is 9.00. The minimum absolute atomic E-state index is 0.453. The predicted octanol–water partition coefficient (Wildman–Crippen LogP) is 1.52. The van der Waals surface area contributed by atoms with E-state index < -0.39 is 0 Å². The van der Waals surface area contributed by atoms with E-state index in [0.717, 1.165) is 48.9 Å². The summed E-state index contributed by atoms with van der Waals surface area (Å²) in [5, 5.41) is 3.33. The second-order valence-electron chi connectivity index (χ2n) is 4.08. The molecular formula is C12H19N3O2. The summed E-state index contributed by atoms with van der Waals surface area (Å²) in [6.45, 7) is 4.84. The molecule has 2 heterocycles. The molecule has 0 saturated heterocycles. The first-order valence-corrected chi connectivity index (χ1v) is 6.04. The molecule has 1 aromatic rings. The van der Waals surface area contributed by atoms with Crippen molar-refractivity contribution in [2.45, 2.75) is 33.0 Å². The van der Waals surface area contributed by atoms with Crippen molar-refractivity contribution in [2.75, 3.05) is 25.6 Å². The average molecular weight is 237 g/mol. The van der Waals surface area contributed by atoms with E-state index in [1.54, 1.807) is 7.11 Å². The first-order chi connectivity index (χ1) is 8.35. The fraction of sp³-hybridized carbons (Fsp3) is 0.667. The van der Waals surface area contributed by atoms with Crippen molar-refractivity contribution in [3.63, 3.8) is 0 Å². The number of anilines is 1. The molecule has 0 amide bonds. The minimum atomic E-state index is 0.453. The van der Waals surface area contributed by atoms with Gasteiger partial charge in [-0.15, -0.1) is 0 Å². The van der Waals surface area contributed by atoms with E-state index in [-0.39, 0.29) is 0 Å². The van der Waals surface area contributed by atoms with Crippen molar-refractivity contribution in [3.05, 3.63) is 17.1 Å². The van der Waals surface area contributed by atoms with Crippen LogP contribution in [0.4, 0.5) is 5.82 Å². The highest BCUT2D eigenvalue weighted by Crippen LogP contribution is 2.22. The first-order valence-electron chi connectivity index (χ1n) is 6.04. The summed E-state index contributed by atoms with van der Waals surface area (Å²) >= 11 is 0. The van der Waals surface area contributed by atoms with Crippen LogP contribution in [0.2, 0.25) is 0 Å². The van der Waals surface area contributed by atoms with Gasteiger partial charge in [0, 0.05) is 25.6 Å². The quantitative estimate of drug-likeness (QED) is 0.841. The van der Waals surface area contributed by atoms with Gasteiger partial charge in [0.2, 0.25) is 0 Å². The Bertz CT molecular complexity index is 382. The third-order valence-electron chi connectivity index (χ3n) is 2.68. The maximum atomic E-state index is 5.47. The standard InChI is InChI=1S/C12H19N3O2/c1-3-5-13-12-9-7-17-6-4-10(9)14-11(15-12)8-16-2/h3-8H2,1-2H3,(H,13,14,15). The van der Waals surface area contributed by atoms with Crippen LogP contribution in [0.5, 0.6) is 0 Å². The lowest BCUT2D eigenvalue weighted by atomic mass is 10.1. The zero-order valence-electron chi connectivity index (χ0n) is 10.5. The monoisotopic (exact) mass is 237 g/mol. The van der Waals surface area contributed by atoms with Gasteiger partial charge in [-0.3, -0.25) is 0 Å². The number of nitrogens with one attached hydrogen (secondary N) is 1. The smallest absolute Gasteiger partial charge is 0.156 e. The molecule has 5 heteroatoms. The fourth-order valence-corrected chi connectivity index (χ4v) is 1.87. The molecule has 17 heavy (non-hydrogen) atoms. The average Bonchev–Trinajstić information content (AvgIpc) is 2.36. The number of ether oxygens (including phenoxy) is 2. The molecule has 0 aromatic carbocycles. The first kappa shape index (κ1) is 12.3. The van der Waals surface area contributed by atoms with Crippen molar-refractivity contribution < 1.29 is 9.47 Å². The van der Waals surface area contributed by atoms with Gasteiger partial charge in [0.1, 0.15) is 12.4 Å². The number of rotatable bonds is 5. The number of aromatic nitrogens is 2. The predicted molar refractivity (Wildman–Crippen MR) is 64.9 cm³/mol. The van der Waals surface area contributed by atoms with Gasteiger partial charge in [-0.05, 0) is 6.42 Å². The van der Waals surface area contributed by atoms with E-state index in [4.69, 9.17) is 9.47 Å². The number of hydrogen-bond donors (Lipinski definition) is 1. The van der Waals surface area contributed by atoms with Crippen molar-refractivity contribution in [2.24, 2.45) is 0 Å². The highest BCUT2D eigenvalue weighted by atomic mass is 16.5. The van der Waals surface area contributed by atoms with Gasteiger partial charge in [-0.1, -0.05) is 6.92 Å². The Morgan fingerprint density at radius 1 is 1.41 bits per heavy atom. The van der Waals surface area contributed by atoms with E-state index in [1.165, 1.54) is 0 Å². The summed E-state index contributed by atoms with van der Waals surface area (Å²) in [6.07, 6.45) is 1.93. The summed E-state index contributed by atoms with van der Waals surface area (Å²) in [7, 11) is 1.66. The van der Waals surface area contributed by atoms with Gasteiger partial charge in [0.25, 0.3) is 0 Å². The van der Waals surface area contributed by atoms with Crippen LogP contribution in [-0.2, 0) is 29.1 Å². The zero-order chi connectivity index (χ0) is 12.1. The molecule has 0 fully saturated rings. The molecule has 1 N–H and O–H groups in total. The van der Waals surface area contributed by atoms with Gasteiger partial charge in [0.15, 0.2) is 5.82 Å². The van der Waals surface area contributed by atoms with Crippen molar-refractivity contribution >= 4 is 5.82 Å². The Labute approximate surface area is 102 Å². The van der Waals surface area contributed by atoms with Crippen LogP contribution < -0.4 is 5.32 Å². The van der Waals surface area contributed by atoms with E-state index in [2.05, 4.69) is 22.2 Å². The van der Waals surface area contributed by atoms with Gasteiger partial charge in [-0.25, -0.2) is 9.97 Å². The highest BCUT2D eigenvalue weighted by Gasteiger charge is 2.17. The van der Waals surface area contributed by atoms with Crippen LogP contribution in [0.3, 0.4) is 0 Å². The molecule has 0 aliphatic carbocycles. The second kappa shape index (κ2) is 5.93. The zero-order valence-corrected chi connectivity index (χ0v) is 10.5. The maximum absolute atomic E-state index is 5.47. The lowest BCUT2D eigenvalue weighted by Gasteiger charge is -2.20. The Morgan fingerprint density at radius 2 is 2.29 bits per heavy atom. The van der Waals surface area contributed by atoms with Crippen LogP contribution in [0.1, 0.15) is 30.4 Å². The summed E-state index contributed by atoms with van der Waals surface area (Å²) < 4.78 is 10.6. The van der Waals surface area contributed by atoms with Gasteiger partial charge < -0.3 is 14.8 Å². The number of nitrogens with zero attached hydrogens (tertiary/aromatic N) is 2. The van der Waals surface area contributed by atoms with Crippen LogP contribution in [0, 0.1) is 0 Å². The third-order valence-corrected chi connectivity index (χ3v) is 2.68. The van der Waals surface area contributed by atoms with Crippen molar-refractivity contribution in [3.8, 4) is 0 Å². The molecule has 5 nitrogen and oxygen atoms in total. The fourth-order valence-electron chi connectivity index (χ4n) is 1.87. The van der Waals surface area contributed by atoms with Gasteiger partial charge >= 0.3 is 0 Å². The van der Waals surface area contributed by atoms with Crippen LogP contribution in [-0.4, -0.2) is 30.2 Å². The SMILES string of the molecule is CCCNc1nc(COC)nc2c1COCC2. The molecule has 0 bridgehead atoms. The molecule has 0 atom stereocenters.